The van der Waals surface area contributed by atoms with Crippen LogP contribution in [0.3, 0.4) is 0 Å². The number of thiophene rings is 1. The van der Waals surface area contributed by atoms with E-state index in [1.807, 2.05) is 12.1 Å². The topological polar surface area (TPSA) is 15.3 Å². The van der Waals surface area contributed by atoms with Crippen molar-refractivity contribution in [2.24, 2.45) is 0 Å². The van der Waals surface area contributed by atoms with Crippen LogP contribution in [0.15, 0.2) is 30.3 Å². The van der Waals surface area contributed by atoms with Crippen LogP contribution in [0.2, 0.25) is 0 Å². The molecule has 1 fully saturated rings. The molecule has 0 aliphatic carbocycles. The van der Waals surface area contributed by atoms with Crippen LogP contribution in [-0.4, -0.2) is 13.1 Å². The molecule has 0 atom stereocenters. The second-order valence-electron chi connectivity index (χ2n) is 5.23. The number of nitrogens with zero attached hydrogens (tertiary/aromatic N) is 1. The SMILES string of the molecule is Cc1ccc(CNc2ccc(N3CCCC3)c(F)c2)s1. The number of aryl methyl sites for hydroxylation is 1. The van der Waals surface area contributed by atoms with Gasteiger partial charge in [0.2, 0.25) is 0 Å². The predicted molar refractivity (Wildman–Crippen MR) is 84.2 cm³/mol. The molecule has 0 saturated carbocycles. The van der Waals surface area contributed by atoms with Crippen LogP contribution in [-0.2, 0) is 6.54 Å². The maximum absolute atomic E-state index is 14.2. The van der Waals surface area contributed by atoms with Gasteiger partial charge in [-0.3, -0.25) is 0 Å². The van der Waals surface area contributed by atoms with Gasteiger partial charge >= 0.3 is 0 Å². The zero-order chi connectivity index (χ0) is 13.9. The van der Waals surface area contributed by atoms with Crippen LogP contribution < -0.4 is 10.2 Å². The van der Waals surface area contributed by atoms with Crippen molar-refractivity contribution < 1.29 is 4.39 Å². The van der Waals surface area contributed by atoms with Crippen molar-refractivity contribution in [3.63, 3.8) is 0 Å². The van der Waals surface area contributed by atoms with Gasteiger partial charge in [-0.1, -0.05) is 0 Å². The van der Waals surface area contributed by atoms with Crippen LogP contribution in [0.4, 0.5) is 15.8 Å². The number of nitrogens with one attached hydrogen (secondary N) is 1. The number of hydrogen-bond donors (Lipinski definition) is 1. The van der Waals surface area contributed by atoms with Crippen molar-refractivity contribution in [1.82, 2.24) is 0 Å². The number of hydrogen-bond acceptors (Lipinski definition) is 3. The number of anilines is 2. The normalized spacial score (nSPS) is 14.8. The first-order valence-electron chi connectivity index (χ1n) is 7.06. The van der Waals surface area contributed by atoms with E-state index < -0.39 is 0 Å². The summed E-state index contributed by atoms with van der Waals surface area (Å²) in [6.45, 7) is 4.79. The third-order valence-corrected chi connectivity index (χ3v) is 4.66. The van der Waals surface area contributed by atoms with Crippen LogP contribution in [0.25, 0.3) is 0 Å². The van der Waals surface area contributed by atoms with E-state index in [-0.39, 0.29) is 5.82 Å². The monoisotopic (exact) mass is 290 g/mol. The Bertz CT molecular complexity index is 588. The van der Waals surface area contributed by atoms with Gasteiger partial charge in [0.25, 0.3) is 0 Å². The highest BCUT2D eigenvalue weighted by Gasteiger charge is 2.16. The van der Waals surface area contributed by atoms with E-state index in [4.69, 9.17) is 0 Å². The Kier molecular flexibility index (Phi) is 3.92. The first-order chi connectivity index (χ1) is 9.72. The van der Waals surface area contributed by atoms with Crippen molar-refractivity contribution in [3.05, 3.63) is 45.9 Å². The minimum atomic E-state index is -0.126. The van der Waals surface area contributed by atoms with Gasteiger partial charge in [0.15, 0.2) is 0 Å². The van der Waals surface area contributed by atoms with Gasteiger partial charge in [-0.25, -0.2) is 4.39 Å². The van der Waals surface area contributed by atoms with Gasteiger partial charge < -0.3 is 10.2 Å². The molecule has 1 aromatic heterocycles. The highest BCUT2D eigenvalue weighted by molar-refractivity contribution is 7.11. The summed E-state index contributed by atoms with van der Waals surface area (Å²) in [4.78, 5) is 4.70. The molecular weight excluding hydrogens is 271 g/mol. The summed E-state index contributed by atoms with van der Waals surface area (Å²) < 4.78 is 14.2. The lowest BCUT2D eigenvalue weighted by atomic mass is 10.2. The van der Waals surface area contributed by atoms with Crippen LogP contribution in [0.5, 0.6) is 0 Å². The van der Waals surface area contributed by atoms with Gasteiger partial charge in [0.05, 0.1) is 5.69 Å². The molecule has 0 radical (unpaired) electrons. The lowest BCUT2D eigenvalue weighted by Crippen LogP contribution is -2.18. The summed E-state index contributed by atoms with van der Waals surface area (Å²) in [5.41, 5.74) is 1.58. The van der Waals surface area contributed by atoms with Gasteiger partial charge in [-0.05, 0) is 50.1 Å². The molecule has 3 rings (SSSR count). The van der Waals surface area contributed by atoms with E-state index in [2.05, 4.69) is 29.3 Å². The van der Waals surface area contributed by atoms with Crippen LogP contribution in [0, 0.1) is 12.7 Å². The standard InChI is InChI=1S/C16H19FN2S/c1-12-4-6-14(20-12)11-18-13-5-7-16(15(17)10-13)19-8-2-3-9-19/h4-7,10,18H,2-3,8-9,11H2,1H3. The molecule has 2 heterocycles. The second kappa shape index (κ2) is 5.83. The van der Waals surface area contributed by atoms with Crippen molar-refractivity contribution in [2.75, 3.05) is 23.3 Å². The quantitative estimate of drug-likeness (QED) is 0.897. The van der Waals surface area contributed by atoms with E-state index in [9.17, 15) is 4.39 Å². The molecule has 1 aliphatic heterocycles. The molecular formula is C16H19FN2S. The average Bonchev–Trinajstić information content (AvgIpc) is 3.08. The minimum absolute atomic E-state index is 0.126. The molecule has 1 aliphatic rings. The molecule has 0 amide bonds. The largest absolute Gasteiger partial charge is 0.380 e. The molecule has 1 N–H and O–H groups in total. The molecule has 0 spiro atoms. The van der Waals surface area contributed by atoms with E-state index in [0.29, 0.717) is 0 Å². The minimum Gasteiger partial charge on any atom is -0.380 e. The van der Waals surface area contributed by atoms with Crippen LogP contribution >= 0.6 is 11.3 Å². The zero-order valence-electron chi connectivity index (χ0n) is 11.7. The Morgan fingerprint density at radius 2 is 2.00 bits per heavy atom. The van der Waals surface area contributed by atoms with E-state index in [1.165, 1.54) is 9.75 Å². The fraction of sp³-hybridized carbons (Fsp3) is 0.375. The molecule has 1 aromatic carbocycles. The Labute approximate surface area is 123 Å². The summed E-state index contributed by atoms with van der Waals surface area (Å²) in [5.74, 6) is -0.126. The van der Waals surface area contributed by atoms with Crippen molar-refractivity contribution in [2.45, 2.75) is 26.3 Å². The first kappa shape index (κ1) is 13.4. The Hall–Kier alpha value is -1.55. The molecule has 0 unspecified atom stereocenters. The number of halogens is 1. The number of benzene rings is 1. The zero-order valence-corrected chi connectivity index (χ0v) is 12.5. The van der Waals surface area contributed by atoms with Gasteiger partial charge in [0.1, 0.15) is 5.82 Å². The lowest BCUT2D eigenvalue weighted by molar-refractivity contribution is 0.623. The molecule has 1 saturated heterocycles. The molecule has 20 heavy (non-hydrogen) atoms. The van der Waals surface area contributed by atoms with Crippen LogP contribution in [0.1, 0.15) is 22.6 Å². The van der Waals surface area contributed by atoms with Crippen molar-refractivity contribution >= 4 is 22.7 Å². The third kappa shape index (κ3) is 2.96. The van der Waals surface area contributed by atoms with Gasteiger partial charge in [-0.2, -0.15) is 0 Å². The second-order valence-corrected chi connectivity index (χ2v) is 6.60. The van der Waals surface area contributed by atoms with Gasteiger partial charge in [-0.15, -0.1) is 11.3 Å². The lowest BCUT2D eigenvalue weighted by Gasteiger charge is -2.19. The summed E-state index contributed by atoms with van der Waals surface area (Å²) in [6, 6.07) is 9.69. The summed E-state index contributed by atoms with van der Waals surface area (Å²) in [6.07, 6.45) is 2.33. The molecule has 4 heteroatoms. The molecule has 106 valence electrons. The highest BCUT2D eigenvalue weighted by atomic mass is 32.1. The van der Waals surface area contributed by atoms with Crippen molar-refractivity contribution in [3.8, 4) is 0 Å². The van der Waals surface area contributed by atoms with Gasteiger partial charge in [0, 0.05) is 35.1 Å². The van der Waals surface area contributed by atoms with E-state index in [0.717, 1.165) is 43.9 Å². The first-order valence-corrected chi connectivity index (χ1v) is 7.88. The predicted octanol–water partition coefficient (Wildman–Crippen LogP) is 4.41. The summed E-state index contributed by atoms with van der Waals surface area (Å²) in [7, 11) is 0. The molecule has 2 aromatic rings. The summed E-state index contributed by atoms with van der Waals surface area (Å²) >= 11 is 1.77. The number of rotatable bonds is 4. The van der Waals surface area contributed by atoms with E-state index >= 15 is 0 Å². The molecule has 0 bridgehead atoms. The maximum atomic E-state index is 14.2. The molecule has 2 nitrogen and oxygen atoms in total. The fourth-order valence-electron chi connectivity index (χ4n) is 2.60. The Morgan fingerprint density at radius 3 is 2.65 bits per heavy atom. The van der Waals surface area contributed by atoms with E-state index in [1.54, 1.807) is 17.4 Å². The maximum Gasteiger partial charge on any atom is 0.148 e. The third-order valence-electron chi connectivity index (χ3n) is 3.66. The average molecular weight is 290 g/mol. The smallest absolute Gasteiger partial charge is 0.148 e. The van der Waals surface area contributed by atoms with Crippen molar-refractivity contribution in [1.29, 1.82) is 0 Å². The fourth-order valence-corrected chi connectivity index (χ4v) is 3.43. The Morgan fingerprint density at radius 1 is 1.20 bits per heavy atom. The highest BCUT2D eigenvalue weighted by Crippen LogP contribution is 2.26. The summed E-state index contributed by atoms with van der Waals surface area (Å²) in [5, 5.41) is 3.28. The Balaban J connectivity index is 1.67.